The highest BCUT2D eigenvalue weighted by atomic mass is 79.9. The molecule has 0 saturated carbocycles. The van der Waals surface area contributed by atoms with Gasteiger partial charge in [0.15, 0.2) is 0 Å². The van der Waals surface area contributed by atoms with Crippen molar-refractivity contribution in [2.45, 2.75) is 0 Å². The maximum atomic E-state index is 8.86. The molecule has 0 atom stereocenters. The number of nitriles is 1. The Kier molecular flexibility index (Phi) is 3.59. The molecule has 2 heterocycles. The third-order valence-corrected chi connectivity index (χ3v) is 4.47. The minimum Gasteiger partial charge on any atom is -0.244 e. The summed E-state index contributed by atoms with van der Waals surface area (Å²) in [5.74, 6) is 0. The van der Waals surface area contributed by atoms with Gasteiger partial charge in [-0.25, -0.2) is 9.97 Å². The summed E-state index contributed by atoms with van der Waals surface area (Å²) in [6.45, 7) is 0. The highest BCUT2D eigenvalue weighted by Gasteiger charge is 2.11. The van der Waals surface area contributed by atoms with Crippen LogP contribution in [0.1, 0.15) is 5.56 Å². The zero-order valence-electron chi connectivity index (χ0n) is 10.2. The first-order chi connectivity index (χ1) is 9.78. The molecule has 96 valence electrons. The fourth-order valence-electron chi connectivity index (χ4n) is 1.90. The standard InChI is InChI=1S/C15H8BrN3S/c16-14-6-5-13(20-14)15-12(8-18-9-19-15)11-3-1-10(7-17)2-4-11/h1-6,8-9H. The van der Waals surface area contributed by atoms with E-state index in [9.17, 15) is 0 Å². The van der Waals surface area contributed by atoms with Crippen molar-refractivity contribution in [3.63, 3.8) is 0 Å². The molecule has 0 unspecified atom stereocenters. The molecule has 0 aliphatic rings. The van der Waals surface area contributed by atoms with Gasteiger partial charge in [-0.05, 0) is 45.8 Å². The van der Waals surface area contributed by atoms with E-state index in [4.69, 9.17) is 5.26 Å². The Morgan fingerprint density at radius 3 is 2.55 bits per heavy atom. The van der Waals surface area contributed by atoms with Crippen molar-refractivity contribution in [2.24, 2.45) is 0 Å². The second-order valence-corrected chi connectivity index (χ2v) is 6.54. The monoisotopic (exact) mass is 341 g/mol. The van der Waals surface area contributed by atoms with E-state index in [0.717, 1.165) is 25.5 Å². The van der Waals surface area contributed by atoms with Crippen LogP contribution in [0.25, 0.3) is 21.7 Å². The average Bonchev–Trinajstić information content (AvgIpc) is 2.94. The van der Waals surface area contributed by atoms with Crippen molar-refractivity contribution in [3.05, 3.63) is 58.3 Å². The minimum absolute atomic E-state index is 0.644. The van der Waals surface area contributed by atoms with Gasteiger partial charge in [0.2, 0.25) is 0 Å². The first-order valence-corrected chi connectivity index (χ1v) is 7.45. The van der Waals surface area contributed by atoms with E-state index in [1.165, 1.54) is 0 Å². The summed E-state index contributed by atoms with van der Waals surface area (Å²) in [6.07, 6.45) is 3.35. The number of thiophene rings is 1. The number of rotatable bonds is 2. The lowest BCUT2D eigenvalue weighted by Gasteiger charge is -2.06. The number of hydrogen-bond donors (Lipinski definition) is 0. The first kappa shape index (κ1) is 13.0. The summed E-state index contributed by atoms with van der Waals surface area (Å²) in [4.78, 5) is 9.59. The van der Waals surface area contributed by atoms with E-state index in [2.05, 4.69) is 32.0 Å². The molecule has 0 saturated heterocycles. The molecule has 0 amide bonds. The molecule has 3 aromatic rings. The predicted molar refractivity (Wildman–Crippen MR) is 83.2 cm³/mol. The maximum absolute atomic E-state index is 8.86. The lowest BCUT2D eigenvalue weighted by molar-refractivity contribution is 1.18. The van der Waals surface area contributed by atoms with Gasteiger partial charge in [0.05, 0.1) is 26.0 Å². The number of aromatic nitrogens is 2. The maximum Gasteiger partial charge on any atom is 0.116 e. The molecule has 3 rings (SSSR count). The zero-order valence-corrected chi connectivity index (χ0v) is 12.6. The van der Waals surface area contributed by atoms with Crippen LogP contribution in [-0.2, 0) is 0 Å². The third-order valence-electron chi connectivity index (χ3n) is 2.84. The van der Waals surface area contributed by atoms with E-state index in [1.54, 1.807) is 36.0 Å². The molecule has 20 heavy (non-hydrogen) atoms. The molecule has 3 nitrogen and oxygen atoms in total. The van der Waals surface area contributed by atoms with Gasteiger partial charge in [-0.15, -0.1) is 11.3 Å². The molecule has 5 heteroatoms. The second-order valence-electron chi connectivity index (χ2n) is 4.08. The summed E-state index contributed by atoms with van der Waals surface area (Å²) >= 11 is 5.10. The van der Waals surface area contributed by atoms with Crippen LogP contribution in [0.15, 0.2) is 52.7 Å². The fourth-order valence-corrected chi connectivity index (χ4v) is 3.30. The molecule has 1 aromatic carbocycles. The zero-order chi connectivity index (χ0) is 13.9. The largest absolute Gasteiger partial charge is 0.244 e. The number of hydrogen-bond acceptors (Lipinski definition) is 4. The number of nitrogens with zero attached hydrogens (tertiary/aromatic N) is 3. The SMILES string of the molecule is N#Cc1ccc(-c2cncnc2-c2ccc(Br)s2)cc1. The van der Waals surface area contributed by atoms with Crippen LogP contribution >= 0.6 is 27.3 Å². The Morgan fingerprint density at radius 2 is 1.90 bits per heavy atom. The molecule has 0 spiro atoms. The van der Waals surface area contributed by atoms with Crippen molar-refractivity contribution in [1.82, 2.24) is 9.97 Å². The van der Waals surface area contributed by atoms with Gasteiger partial charge in [0.1, 0.15) is 6.33 Å². The van der Waals surface area contributed by atoms with Gasteiger partial charge in [-0.1, -0.05) is 12.1 Å². The molecular weight excluding hydrogens is 334 g/mol. The summed E-state index contributed by atoms with van der Waals surface area (Å²) in [5.41, 5.74) is 3.52. The van der Waals surface area contributed by atoms with E-state index in [-0.39, 0.29) is 0 Å². The minimum atomic E-state index is 0.644. The Balaban J connectivity index is 2.12. The van der Waals surface area contributed by atoms with Gasteiger partial charge in [0, 0.05) is 11.8 Å². The number of benzene rings is 1. The van der Waals surface area contributed by atoms with Crippen LogP contribution in [0, 0.1) is 11.3 Å². The van der Waals surface area contributed by atoms with Crippen LogP contribution in [0.3, 0.4) is 0 Å². The number of halogens is 1. The Hall–Kier alpha value is -2.03. The van der Waals surface area contributed by atoms with Gasteiger partial charge >= 0.3 is 0 Å². The summed E-state index contributed by atoms with van der Waals surface area (Å²) in [6, 6.07) is 13.6. The van der Waals surface area contributed by atoms with Crippen molar-refractivity contribution in [3.8, 4) is 27.8 Å². The molecule has 0 aliphatic heterocycles. The summed E-state index contributed by atoms with van der Waals surface area (Å²) in [5, 5.41) is 8.86. The molecular formula is C15H8BrN3S. The van der Waals surface area contributed by atoms with Gasteiger partial charge < -0.3 is 0 Å². The van der Waals surface area contributed by atoms with Crippen molar-refractivity contribution < 1.29 is 0 Å². The van der Waals surface area contributed by atoms with Gasteiger partial charge in [-0.2, -0.15) is 5.26 Å². The topological polar surface area (TPSA) is 49.6 Å². The Labute approximate surface area is 128 Å². The summed E-state index contributed by atoms with van der Waals surface area (Å²) < 4.78 is 1.07. The van der Waals surface area contributed by atoms with Crippen molar-refractivity contribution in [2.75, 3.05) is 0 Å². The Bertz CT molecular complexity index is 787. The fraction of sp³-hybridized carbons (Fsp3) is 0. The van der Waals surface area contributed by atoms with Crippen molar-refractivity contribution >= 4 is 27.3 Å². The van der Waals surface area contributed by atoms with E-state index in [1.807, 2.05) is 24.3 Å². The molecule has 0 aliphatic carbocycles. The van der Waals surface area contributed by atoms with Crippen molar-refractivity contribution in [1.29, 1.82) is 5.26 Å². The lowest BCUT2D eigenvalue weighted by atomic mass is 10.0. The van der Waals surface area contributed by atoms with Crippen LogP contribution in [-0.4, -0.2) is 9.97 Å². The smallest absolute Gasteiger partial charge is 0.116 e. The van der Waals surface area contributed by atoms with E-state index >= 15 is 0 Å². The Morgan fingerprint density at radius 1 is 1.10 bits per heavy atom. The molecule has 0 radical (unpaired) electrons. The van der Waals surface area contributed by atoms with Crippen LogP contribution < -0.4 is 0 Å². The van der Waals surface area contributed by atoms with E-state index < -0.39 is 0 Å². The second kappa shape index (κ2) is 5.53. The lowest BCUT2D eigenvalue weighted by Crippen LogP contribution is -1.89. The third kappa shape index (κ3) is 2.48. The highest BCUT2D eigenvalue weighted by Crippen LogP contribution is 2.35. The first-order valence-electron chi connectivity index (χ1n) is 5.84. The molecule has 0 N–H and O–H groups in total. The van der Waals surface area contributed by atoms with Crippen LogP contribution in [0.2, 0.25) is 0 Å². The normalized spacial score (nSPS) is 10.2. The average molecular weight is 342 g/mol. The quantitative estimate of drug-likeness (QED) is 0.689. The van der Waals surface area contributed by atoms with Gasteiger partial charge in [-0.3, -0.25) is 0 Å². The van der Waals surface area contributed by atoms with Crippen LogP contribution in [0.5, 0.6) is 0 Å². The summed E-state index contributed by atoms with van der Waals surface area (Å²) in [7, 11) is 0. The van der Waals surface area contributed by atoms with Gasteiger partial charge in [0.25, 0.3) is 0 Å². The van der Waals surface area contributed by atoms with Crippen LogP contribution in [0.4, 0.5) is 0 Å². The molecule has 0 fully saturated rings. The highest BCUT2D eigenvalue weighted by molar-refractivity contribution is 9.11. The molecule has 0 bridgehead atoms. The predicted octanol–water partition coefficient (Wildman–Crippen LogP) is 4.51. The molecule has 2 aromatic heterocycles. The van der Waals surface area contributed by atoms with E-state index in [0.29, 0.717) is 5.56 Å².